The van der Waals surface area contributed by atoms with Gasteiger partial charge in [-0.1, -0.05) is 36.8 Å². The molecule has 0 bridgehead atoms. The number of methoxy groups -OCH3 is 1. The number of carbonyl (C=O) groups excluding carboxylic acids is 5. The number of hydrogen-bond acceptors (Lipinski definition) is 9. The molecule has 0 aliphatic carbocycles. The zero-order chi connectivity index (χ0) is 34.8. The Kier molecular flexibility index (Phi) is 22.4. The fraction of sp³-hybridized carbons (Fsp3) is 0.500. The van der Waals surface area contributed by atoms with Gasteiger partial charge in [0, 0.05) is 19.4 Å². The summed E-state index contributed by atoms with van der Waals surface area (Å²) in [6.45, 7) is 3.64. The molecule has 2 rings (SSSR count). The molecular weight excluding hydrogens is 674 g/mol. The van der Waals surface area contributed by atoms with Gasteiger partial charge in [-0.05, 0) is 85.9 Å². The van der Waals surface area contributed by atoms with Crippen LogP contribution in [0.4, 0.5) is 0 Å². The molecule has 0 spiro atoms. The topological polar surface area (TPSA) is 220 Å². The summed E-state index contributed by atoms with van der Waals surface area (Å²) < 4.78 is 4.64. The number of halogens is 1. The Morgan fingerprint density at radius 2 is 1.51 bits per heavy atom. The molecule has 0 aliphatic heterocycles. The number of rotatable bonds is 20. The van der Waals surface area contributed by atoms with Gasteiger partial charge in [-0.15, -0.1) is 12.4 Å². The second-order valence-electron chi connectivity index (χ2n) is 11.4. The van der Waals surface area contributed by atoms with Crippen LogP contribution in [0.1, 0.15) is 54.4 Å². The molecular formula is C34H52ClN5O8S. The molecule has 15 heteroatoms. The van der Waals surface area contributed by atoms with Crippen LogP contribution in [0.3, 0.4) is 0 Å². The molecule has 4 amide bonds. The van der Waals surface area contributed by atoms with E-state index in [1.807, 2.05) is 50.4 Å². The molecule has 0 aromatic heterocycles. The van der Waals surface area contributed by atoms with Gasteiger partial charge in [0.2, 0.25) is 23.6 Å². The summed E-state index contributed by atoms with van der Waals surface area (Å²) in [6.07, 6.45) is 5.03. The van der Waals surface area contributed by atoms with E-state index in [9.17, 15) is 29.1 Å². The highest BCUT2D eigenvalue weighted by Crippen LogP contribution is 2.22. The maximum absolute atomic E-state index is 13.1. The molecule has 0 saturated carbocycles. The standard InChI is InChI=1S/C34H49N5O7S.ClH.H2O/c1-22-17-25(40)18-23(2)26(22)20-27(35)32(43)39-28(14-16-47-4)33(44)37-21-30(41)38-29(19-24-11-7-5-8-12-24)34(45)36-15-10-6-9-13-31(42)46-3;;/h5,7-8,11-12,17-18,27-29,40H,6,9-10,13-16,19-21,35H2,1-4H3,(H,36,45)(H,37,44)(H,38,41)(H,39,43);1H;1H2/t27-,28-,29+;;/m1../s1. The number of nitrogens with two attached hydrogens (primary N) is 1. The van der Waals surface area contributed by atoms with Crippen LogP contribution in [0.5, 0.6) is 5.75 Å². The van der Waals surface area contributed by atoms with E-state index in [4.69, 9.17) is 5.73 Å². The first-order valence-electron chi connectivity index (χ1n) is 15.7. The minimum Gasteiger partial charge on any atom is -0.508 e. The number of carbonyl (C=O) groups is 5. The Morgan fingerprint density at radius 1 is 0.878 bits per heavy atom. The van der Waals surface area contributed by atoms with Crippen LogP contribution in [0.25, 0.3) is 0 Å². The van der Waals surface area contributed by atoms with Crippen molar-refractivity contribution < 1.29 is 39.3 Å². The summed E-state index contributed by atoms with van der Waals surface area (Å²) in [4.78, 5) is 63.4. The first-order chi connectivity index (χ1) is 22.4. The van der Waals surface area contributed by atoms with Crippen LogP contribution in [0.15, 0.2) is 42.5 Å². The van der Waals surface area contributed by atoms with Crippen LogP contribution >= 0.6 is 24.2 Å². The fourth-order valence-corrected chi connectivity index (χ4v) is 5.46. The van der Waals surface area contributed by atoms with Crippen molar-refractivity contribution in [3.63, 3.8) is 0 Å². The molecule has 49 heavy (non-hydrogen) atoms. The van der Waals surface area contributed by atoms with E-state index in [-0.39, 0.29) is 48.4 Å². The Balaban J connectivity index is 0.0000115. The number of phenolic OH excluding ortho intramolecular Hbond substituents is 1. The maximum Gasteiger partial charge on any atom is 0.305 e. The lowest BCUT2D eigenvalue weighted by Crippen LogP contribution is -2.54. The number of esters is 1. The van der Waals surface area contributed by atoms with Gasteiger partial charge in [-0.2, -0.15) is 11.8 Å². The van der Waals surface area contributed by atoms with E-state index >= 15 is 0 Å². The Bertz CT molecular complexity index is 1330. The van der Waals surface area contributed by atoms with Crippen molar-refractivity contribution in [3.05, 3.63) is 64.7 Å². The second kappa shape index (κ2) is 24.3. The van der Waals surface area contributed by atoms with Gasteiger partial charge in [0.25, 0.3) is 0 Å². The van der Waals surface area contributed by atoms with E-state index in [2.05, 4.69) is 26.0 Å². The van der Waals surface area contributed by atoms with Crippen LogP contribution in [-0.2, 0) is 41.6 Å². The Labute approximate surface area is 299 Å². The highest BCUT2D eigenvalue weighted by Gasteiger charge is 2.26. The quantitative estimate of drug-likeness (QED) is 0.0857. The molecule has 3 atom stereocenters. The van der Waals surface area contributed by atoms with E-state index in [1.54, 1.807) is 12.1 Å². The first kappa shape index (κ1) is 45.2. The molecule has 13 nitrogen and oxygen atoms in total. The molecule has 0 aliphatic rings. The van der Waals surface area contributed by atoms with Crippen molar-refractivity contribution >= 4 is 53.8 Å². The highest BCUT2D eigenvalue weighted by molar-refractivity contribution is 7.98. The van der Waals surface area contributed by atoms with Crippen molar-refractivity contribution in [2.24, 2.45) is 5.73 Å². The summed E-state index contributed by atoms with van der Waals surface area (Å²) in [6, 6.07) is 9.74. The Hall–Kier alpha value is -3.85. The molecule has 0 unspecified atom stereocenters. The average Bonchev–Trinajstić information content (AvgIpc) is 3.04. The third-order valence-electron chi connectivity index (χ3n) is 7.63. The zero-order valence-electron chi connectivity index (χ0n) is 28.6. The first-order valence-corrected chi connectivity index (χ1v) is 17.1. The third-order valence-corrected chi connectivity index (χ3v) is 8.27. The van der Waals surface area contributed by atoms with Gasteiger partial charge in [-0.3, -0.25) is 24.0 Å². The van der Waals surface area contributed by atoms with Gasteiger partial charge in [-0.25, -0.2) is 0 Å². The number of aromatic hydroxyl groups is 1. The smallest absolute Gasteiger partial charge is 0.305 e. The van der Waals surface area contributed by atoms with Crippen molar-refractivity contribution in [3.8, 4) is 5.75 Å². The van der Waals surface area contributed by atoms with E-state index in [1.165, 1.54) is 18.9 Å². The lowest BCUT2D eigenvalue weighted by atomic mass is 9.96. The number of benzene rings is 2. The predicted octanol–water partition coefficient (Wildman–Crippen LogP) is 1.41. The molecule has 0 radical (unpaired) electrons. The zero-order valence-corrected chi connectivity index (χ0v) is 30.3. The fourth-order valence-electron chi connectivity index (χ4n) is 4.99. The van der Waals surface area contributed by atoms with Gasteiger partial charge in [0.1, 0.15) is 17.8 Å². The highest BCUT2D eigenvalue weighted by atomic mass is 35.5. The number of aryl methyl sites for hydroxylation is 2. The summed E-state index contributed by atoms with van der Waals surface area (Å²) in [7, 11) is 1.34. The molecule has 2 aromatic rings. The molecule has 0 saturated heterocycles. The number of thioether (sulfide) groups is 1. The van der Waals surface area contributed by atoms with Gasteiger partial charge in [0.05, 0.1) is 19.7 Å². The van der Waals surface area contributed by atoms with Crippen LogP contribution < -0.4 is 27.0 Å². The minimum absolute atomic E-state index is 0. The number of phenols is 1. The van der Waals surface area contributed by atoms with Crippen LogP contribution in [0.2, 0.25) is 0 Å². The SMILES string of the molecule is COC(=O)CCCCCNC(=O)[C@H](Cc1ccccc1)NC(=O)CNC(=O)[C@@H](CCSC)NC(=O)[C@H](N)Cc1c(C)cc(O)cc1C.Cl.O. The summed E-state index contributed by atoms with van der Waals surface area (Å²) >= 11 is 1.51. The number of hydrogen-bond donors (Lipinski definition) is 6. The third kappa shape index (κ3) is 16.9. The largest absolute Gasteiger partial charge is 0.508 e. The van der Waals surface area contributed by atoms with Crippen molar-refractivity contribution in [1.29, 1.82) is 0 Å². The van der Waals surface area contributed by atoms with Gasteiger partial charge >= 0.3 is 5.97 Å². The normalized spacial score (nSPS) is 12.2. The molecule has 9 N–H and O–H groups in total. The van der Waals surface area contributed by atoms with E-state index < -0.39 is 42.4 Å². The van der Waals surface area contributed by atoms with Crippen molar-refractivity contribution in [2.75, 3.05) is 32.2 Å². The van der Waals surface area contributed by atoms with Crippen molar-refractivity contribution in [2.45, 2.75) is 76.9 Å². The van der Waals surface area contributed by atoms with E-state index in [0.717, 1.165) is 28.7 Å². The molecule has 274 valence electrons. The molecule has 0 fully saturated rings. The average molecular weight is 726 g/mol. The van der Waals surface area contributed by atoms with Gasteiger partial charge in [0.15, 0.2) is 0 Å². The van der Waals surface area contributed by atoms with Gasteiger partial charge < -0.3 is 42.3 Å². The number of nitrogens with one attached hydrogen (secondary N) is 4. The maximum atomic E-state index is 13.1. The van der Waals surface area contributed by atoms with Crippen LogP contribution in [0, 0.1) is 13.8 Å². The summed E-state index contributed by atoms with van der Waals surface area (Å²) in [5.41, 5.74) is 9.53. The number of ether oxygens (including phenoxy) is 1. The lowest BCUT2D eigenvalue weighted by molar-refractivity contribution is -0.140. The lowest BCUT2D eigenvalue weighted by Gasteiger charge is -2.22. The number of unbranched alkanes of at least 4 members (excludes halogenated alkanes) is 2. The summed E-state index contributed by atoms with van der Waals surface area (Å²) in [5.74, 6) is -1.52. The summed E-state index contributed by atoms with van der Waals surface area (Å²) in [5, 5.41) is 20.7. The van der Waals surface area contributed by atoms with Crippen LogP contribution in [-0.4, -0.2) is 90.5 Å². The minimum atomic E-state index is -0.935. The Morgan fingerprint density at radius 3 is 2.12 bits per heavy atom. The molecule has 0 heterocycles. The second-order valence-corrected chi connectivity index (χ2v) is 12.4. The van der Waals surface area contributed by atoms with E-state index in [0.29, 0.717) is 38.0 Å². The monoisotopic (exact) mass is 725 g/mol. The van der Waals surface area contributed by atoms with Crippen molar-refractivity contribution in [1.82, 2.24) is 21.3 Å². The molecule has 2 aromatic carbocycles. The number of amides is 4. The predicted molar refractivity (Wildman–Crippen MR) is 194 cm³/mol.